The van der Waals surface area contributed by atoms with E-state index in [4.69, 9.17) is 0 Å². The van der Waals surface area contributed by atoms with E-state index in [0.29, 0.717) is 10.9 Å². The second kappa shape index (κ2) is 11.5. The van der Waals surface area contributed by atoms with Crippen LogP contribution in [0.1, 0.15) is 0 Å². The van der Waals surface area contributed by atoms with Crippen LogP contribution in [0, 0.1) is 0 Å². The van der Waals surface area contributed by atoms with Gasteiger partial charge in [0, 0.05) is 32.9 Å². The molecule has 8 rings (SSSR count). The van der Waals surface area contributed by atoms with Crippen LogP contribution >= 0.6 is 0 Å². The molecule has 0 spiro atoms. The molecular formula is C36H28B2N2O4. The van der Waals surface area contributed by atoms with Crippen molar-refractivity contribution in [1.82, 2.24) is 9.13 Å². The molecule has 8 aromatic rings. The zero-order valence-electron chi connectivity index (χ0n) is 23.7. The van der Waals surface area contributed by atoms with Crippen LogP contribution in [0.15, 0.2) is 146 Å². The summed E-state index contributed by atoms with van der Waals surface area (Å²) in [7, 11) is -2.91. The van der Waals surface area contributed by atoms with Gasteiger partial charge in [0.1, 0.15) is 0 Å². The highest BCUT2D eigenvalue weighted by Crippen LogP contribution is 2.32. The van der Waals surface area contributed by atoms with Gasteiger partial charge in [-0.3, -0.25) is 0 Å². The van der Waals surface area contributed by atoms with Gasteiger partial charge in [0.25, 0.3) is 0 Å². The Morgan fingerprint density at radius 2 is 0.682 bits per heavy atom. The Balaban J connectivity index is 0.000000142. The van der Waals surface area contributed by atoms with E-state index in [-0.39, 0.29) is 0 Å². The first-order valence-electron chi connectivity index (χ1n) is 14.4. The van der Waals surface area contributed by atoms with Crippen molar-refractivity contribution in [3.05, 3.63) is 146 Å². The van der Waals surface area contributed by atoms with Crippen molar-refractivity contribution >= 4 is 68.8 Å². The van der Waals surface area contributed by atoms with Crippen molar-refractivity contribution < 1.29 is 20.1 Å². The third-order valence-corrected chi connectivity index (χ3v) is 8.02. The summed E-state index contributed by atoms with van der Waals surface area (Å²) in [5.74, 6) is 0. The first kappa shape index (κ1) is 27.7. The van der Waals surface area contributed by atoms with Crippen molar-refractivity contribution in [2.75, 3.05) is 0 Å². The molecule has 4 N–H and O–H groups in total. The van der Waals surface area contributed by atoms with Gasteiger partial charge in [-0.25, -0.2) is 0 Å². The highest BCUT2D eigenvalue weighted by molar-refractivity contribution is 6.59. The van der Waals surface area contributed by atoms with E-state index < -0.39 is 14.2 Å². The highest BCUT2D eigenvalue weighted by atomic mass is 16.4. The number of para-hydroxylation sites is 4. The van der Waals surface area contributed by atoms with Gasteiger partial charge in [-0.15, -0.1) is 0 Å². The molecule has 0 unspecified atom stereocenters. The summed E-state index contributed by atoms with van der Waals surface area (Å²) in [4.78, 5) is 0. The lowest BCUT2D eigenvalue weighted by atomic mass is 9.80. The third kappa shape index (κ3) is 4.86. The van der Waals surface area contributed by atoms with Crippen molar-refractivity contribution in [3.63, 3.8) is 0 Å². The molecule has 0 aliphatic heterocycles. The normalized spacial score (nSPS) is 11.2. The number of fused-ring (bicyclic) bond motifs is 6. The van der Waals surface area contributed by atoms with E-state index in [1.54, 1.807) is 12.1 Å². The predicted octanol–water partition coefficient (Wildman–Crippen LogP) is 4.93. The van der Waals surface area contributed by atoms with Crippen LogP contribution < -0.4 is 10.9 Å². The van der Waals surface area contributed by atoms with Crippen LogP contribution in [0.5, 0.6) is 0 Å². The average Bonchev–Trinajstić information content (AvgIpc) is 3.58. The van der Waals surface area contributed by atoms with Gasteiger partial charge in [0.05, 0.1) is 22.1 Å². The SMILES string of the molecule is OB(O)c1ccc2c(c1)c1ccccc1n2-c1ccccc1.OB(O)c1ccc2c(c1)c1ccccc1n2-c1ccccc1. The third-order valence-electron chi connectivity index (χ3n) is 8.02. The van der Waals surface area contributed by atoms with Gasteiger partial charge < -0.3 is 29.2 Å². The van der Waals surface area contributed by atoms with Gasteiger partial charge in [-0.05, 0) is 59.5 Å². The summed E-state index contributed by atoms with van der Waals surface area (Å²) < 4.78 is 4.39. The summed E-state index contributed by atoms with van der Waals surface area (Å²) in [6, 6.07) is 47.7. The molecule has 0 saturated carbocycles. The van der Waals surface area contributed by atoms with Gasteiger partial charge in [-0.2, -0.15) is 0 Å². The number of aromatic nitrogens is 2. The van der Waals surface area contributed by atoms with Crippen LogP contribution in [0.2, 0.25) is 0 Å². The summed E-state index contributed by atoms with van der Waals surface area (Å²) in [5, 5.41) is 42.0. The Bertz CT molecular complexity index is 2080. The van der Waals surface area contributed by atoms with E-state index in [9.17, 15) is 20.1 Å². The second-order valence-corrected chi connectivity index (χ2v) is 10.7. The maximum atomic E-state index is 9.43. The molecule has 2 heterocycles. The van der Waals surface area contributed by atoms with Gasteiger partial charge in [-0.1, -0.05) is 97.1 Å². The second-order valence-electron chi connectivity index (χ2n) is 10.7. The Labute approximate surface area is 254 Å². The fourth-order valence-corrected chi connectivity index (χ4v) is 6.01. The summed E-state index contributed by atoms with van der Waals surface area (Å²) in [6.07, 6.45) is 0. The number of nitrogens with zero attached hydrogens (tertiary/aromatic N) is 2. The minimum Gasteiger partial charge on any atom is -0.423 e. The Hall–Kier alpha value is -5.11. The largest absolute Gasteiger partial charge is 0.488 e. The van der Waals surface area contributed by atoms with Crippen molar-refractivity contribution in [2.24, 2.45) is 0 Å². The fraction of sp³-hybridized carbons (Fsp3) is 0. The minimum absolute atomic E-state index is 0.503. The summed E-state index contributed by atoms with van der Waals surface area (Å²) in [6.45, 7) is 0. The van der Waals surface area contributed by atoms with E-state index in [1.807, 2.05) is 84.9 Å². The van der Waals surface area contributed by atoms with Gasteiger partial charge in [0.2, 0.25) is 0 Å². The van der Waals surface area contributed by atoms with E-state index in [0.717, 1.165) is 55.0 Å². The molecular weight excluding hydrogens is 546 g/mol. The molecule has 0 atom stereocenters. The molecule has 0 fully saturated rings. The number of hydrogen-bond acceptors (Lipinski definition) is 4. The van der Waals surface area contributed by atoms with Crippen molar-refractivity contribution in [1.29, 1.82) is 0 Å². The quantitative estimate of drug-likeness (QED) is 0.225. The van der Waals surface area contributed by atoms with E-state index in [2.05, 4.69) is 57.7 Å². The zero-order chi connectivity index (χ0) is 30.2. The summed E-state index contributed by atoms with van der Waals surface area (Å²) in [5.41, 5.74) is 7.50. The zero-order valence-corrected chi connectivity index (χ0v) is 23.7. The van der Waals surface area contributed by atoms with Crippen molar-refractivity contribution in [3.8, 4) is 11.4 Å². The van der Waals surface area contributed by atoms with Crippen molar-refractivity contribution in [2.45, 2.75) is 0 Å². The highest BCUT2D eigenvalue weighted by Gasteiger charge is 2.17. The lowest BCUT2D eigenvalue weighted by Gasteiger charge is -2.07. The van der Waals surface area contributed by atoms with Gasteiger partial charge >= 0.3 is 14.2 Å². The molecule has 0 saturated heterocycles. The van der Waals surface area contributed by atoms with Crippen LogP contribution in [-0.2, 0) is 0 Å². The van der Waals surface area contributed by atoms with Crippen LogP contribution in [-0.4, -0.2) is 43.5 Å². The maximum absolute atomic E-state index is 9.43. The van der Waals surface area contributed by atoms with Crippen LogP contribution in [0.3, 0.4) is 0 Å². The van der Waals surface area contributed by atoms with Gasteiger partial charge in [0.15, 0.2) is 0 Å². The lowest BCUT2D eigenvalue weighted by Crippen LogP contribution is -2.29. The molecule has 6 aromatic carbocycles. The molecule has 0 aliphatic carbocycles. The molecule has 0 aliphatic rings. The monoisotopic (exact) mass is 574 g/mol. The lowest BCUT2D eigenvalue weighted by molar-refractivity contribution is 0.424. The first-order chi connectivity index (χ1) is 21.5. The number of rotatable bonds is 4. The van der Waals surface area contributed by atoms with Crippen LogP contribution in [0.4, 0.5) is 0 Å². The average molecular weight is 574 g/mol. The number of benzene rings is 6. The molecule has 2 aromatic heterocycles. The molecule has 44 heavy (non-hydrogen) atoms. The summed E-state index contributed by atoms with van der Waals surface area (Å²) >= 11 is 0. The maximum Gasteiger partial charge on any atom is 0.488 e. The molecule has 212 valence electrons. The molecule has 8 heteroatoms. The number of hydrogen-bond donors (Lipinski definition) is 4. The standard InChI is InChI=1S/2C18H14BNO2/c2*21-19(22)13-10-11-18-16(12-13)15-8-4-5-9-17(15)20(18)14-6-2-1-3-7-14/h2*1-12,21-22H. The predicted molar refractivity (Wildman–Crippen MR) is 181 cm³/mol. The molecule has 0 radical (unpaired) electrons. The Morgan fingerprint density at radius 3 is 1.07 bits per heavy atom. The molecule has 0 bridgehead atoms. The Morgan fingerprint density at radius 1 is 0.341 bits per heavy atom. The fourth-order valence-electron chi connectivity index (χ4n) is 6.01. The molecule has 6 nitrogen and oxygen atoms in total. The first-order valence-corrected chi connectivity index (χ1v) is 14.4. The smallest absolute Gasteiger partial charge is 0.423 e. The van der Waals surface area contributed by atoms with E-state index in [1.165, 1.54) is 0 Å². The van der Waals surface area contributed by atoms with E-state index >= 15 is 0 Å². The topological polar surface area (TPSA) is 90.8 Å². The Kier molecular flexibility index (Phi) is 7.26. The molecule has 0 amide bonds. The van der Waals surface area contributed by atoms with Crippen LogP contribution in [0.25, 0.3) is 55.0 Å². The minimum atomic E-state index is -1.46.